The molecule has 0 unspecified atom stereocenters. The lowest BCUT2D eigenvalue weighted by molar-refractivity contribution is 0.397. The minimum atomic E-state index is 0.811. The number of nitrogens with one attached hydrogen (secondary N) is 1. The molecule has 5 heteroatoms. The minimum Gasteiger partial charge on any atom is -0.373 e. The van der Waals surface area contributed by atoms with Gasteiger partial charge in [0.15, 0.2) is 0 Å². The number of pyridine rings is 1. The summed E-state index contributed by atoms with van der Waals surface area (Å²) in [4.78, 5) is 6.56. The van der Waals surface area contributed by atoms with Gasteiger partial charge in [0.2, 0.25) is 0 Å². The normalized spacial score (nSPS) is 11.0. The van der Waals surface area contributed by atoms with Crippen molar-refractivity contribution < 1.29 is 0 Å². The van der Waals surface area contributed by atoms with Crippen LogP contribution < -0.4 is 5.32 Å². The fraction of sp³-hybridized carbons (Fsp3) is 0.263. The Balaban J connectivity index is 2.08. The van der Waals surface area contributed by atoms with Crippen LogP contribution in [-0.4, -0.2) is 40.8 Å². The second-order valence-corrected chi connectivity index (χ2v) is 6.09. The highest BCUT2D eigenvalue weighted by atomic mass is 15.3. The van der Waals surface area contributed by atoms with Gasteiger partial charge < -0.3 is 10.2 Å². The average molecular weight is 321 g/mol. The number of anilines is 1. The van der Waals surface area contributed by atoms with Crippen LogP contribution in [0.3, 0.4) is 0 Å². The lowest BCUT2D eigenvalue weighted by Crippen LogP contribution is -2.11. The van der Waals surface area contributed by atoms with E-state index in [0.717, 1.165) is 40.6 Å². The molecule has 0 saturated carbocycles. The van der Waals surface area contributed by atoms with E-state index in [1.807, 2.05) is 56.3 Å². The summed E-state index contributed by atoms with van der Waals surface area (Å²) in [7, 11) is 6.02. The highest BCUT2D eigenvalue weighted by Gasteiger charge is 2.16. The molecule has 0 fully saturated rings. The number of rotatable bonds is 5. The molecule has 2 aromatic heterocycles. The molecule has 0 aliphatic rings. The van der Waals surface area contributed by atoms with Crippen molar-refractivity contribution in [3.05, 3.63) is 59.9 Å². The van der Waals surface area contributed by atoms with Gasteiger partial charge in [0.25, 0.3) is 0 Å². The third-order valence-corrected chi connectivity index (χ3v) is 3.93. The molecule has 0 aliphatic heterocycles. The Morgan fingerprint density at radius 1 is 1.12 bits per heavy atom. The van der Waals surface area contributed by atoms with Crippen LogP contribution in [0.5, 0.6) is 0 Å². The number of aromatic nitrogens is 3. The molecule has 1 N–H and O–H groups in total. The van der Waals surface area contributed by atoms with Crippen molar-refractivity contribution in [1.29, 1.82) is 0 Å². The summed E-state index contributed by atoms with van der Waals surface area (Å²) in [6, 6.07) is 14.3. The molecular weight excluding hydrogens is 298 g/mol. The maximum absolute atomic E-state index is 4.85. The third-order valence-electron chi connectivity index (χ3n) is 3.93. The summed E-state index contributed by atoms with van der Waals surface area (Å²) < 4.78 is 1.96. The molecule has 0 atom stereocenters. The van der Waals surface area contributed by atoms with Crippen molar-refractivity contribution in [3.8, 4) is 16.9 Å². The fourth-order valence-corrected chi connectivity index (χ4v) is 2.86. The van der Waals surface area contributed by atoms with Crippen LogP contribution in [0, 0.1) is 6.92 Å². The van der Waals surface area contributed by atoms with Crippen molar-refractivity contribution in [2.75, 3.05) is 26.5 Å². The molecule has 0 bridgehead atoms. The first-order valence-electron chi connectivity index (χ1n) is 8.03. The largest absolute Gasteiger partial charge is 0.373 e. The summed E-state index contributed by atoms with van der Waals surface area (Å²) in [5.41, 5.74) is 5.27. The molecule has 0 spiro atoms. The number of hydrogen-bond donors (Lipinski definition) is 1. The highest BCUT2D eigenvalue weighted by molar-refractivity contribution is 5.70. The average Bonchev–Trinajstić information content (AvgIpc) is 2.92. The maximum atomic E-state index is 4.85. The Morgan fingerprint density at radius 3 is 2.54 bits per heavy atom. The molecule has 0 radical (unpaired) electrons. The zero-order chi connectivity index (χ0) is 17.1. The molecule has 0 amide bonds. The van der Waals surface area contributed by atoms with Crippen LogP contribution in [0.1, 0.15) is 11.3 Å². The van der Waals surface area contributed by atoms with Gasteiger partial charge in [-0.05, 0) is 45.3 Å². The Kier molecular flexibility index (Phi) is 4.62. The first kappa shape index (κ1) is 16.2. The quantitative estimate of drug-likeness (QED) is 0.783. The molecular formula is C19H23N5. The smallest absolute Gasteiger partial charge is 0.133 e. The lowest BCUT2D eigenvalue weighted by atomic mass is 10.1. The lowest BCUT2D eigenvalue weighted by Gasteiger charge is -2.09. The van der Waals surface area contributed by atoms with E-state index >= 15 is 0 Å². The van der Waals surface area contributed by atoms with Crippen molar-refractivity contribution >= 4 is 5.82 Å². The fourth-order valence-electron chi connectivity index (χ4n) is 2.86. The van der Waals surface area contributed by atoms with E-state index in [4.69, 9.17) is 5.10 Å². The monoisotopic (exact) mass is 321 g/mol. The Hall–Kier alpha value is -2.66. The molecule has 0 saturated heterocycles. The Bertz CT molecular complexity index is 821. The van der Waals surface area contributed by atoms with Crippen molar-refractivity contribution in [3.63, 3.8) is 0 Å². The summed E-state index contributed by atoms with van der Waals surface area (Å²) >= 11 is 0. The number of para-hydroxylation sites is 1. The van der Waals surface area contributed by atoms with Gasteiger partial charge >= 0.3 is 0 Å². The van der Waals surface area contributed by atoms with E-state index in [1.54, 1.807) is 0 Å². The maximum Gasteiger partial charge on any atom is 0.133 e. The topological polar surface area (TPSA) is 46.0 Å². The molecule has 124 valence electrons. The molecule has 5 nitrogen and oxygen atoms in total. The van der Waals surface area contributed by atoms with Gasteiger partial charge in [-0.2, -0.15) is 5.10 Å². The summed E-state index contributed by atoms with van der Waals surface area (Å²) in [5, 5.41) is 8.13. The number of hydrogen-bond acceptors (Lipinski definition) is 4. The van der Waals surface area contributed by atoms with E-state index in [9.17, 15) is 0 Å². The van der Waals surface area contributed by atoms with E-state index in [1.165, 1.54) is 0 Å². The number of nitrogens with zero attached hydrogens (tertiary/aromatic N) is 4. The van der Waals surface area contributed by atoms with Crippen LogP contribution in [0.15, 0.2) is 48.7 Å². The summed E-state index contributed by atoms with van der Waals surface area (Å²) in [5.74, 6) is 1.00. The highest BCUT2D eigenvalue weighted by Crippen LogP contribution is 2.30. The van der Waals surface area contributed by atoms with Gasteiger partial charge in [0.05, 0.1) is 17.1 Å². The molecule has 0 aliphatic carbocycles. The first-order valence-corrected chi connectivity index (χ1v) is 8.03. The molecule has 24 heavy (non-hydrogen) atoms. The standard InChI is InChI=1S/C19H23N5/c1-14-18(15-10-11-21-16(12-15)13-23(3)4)22-24(19(14)20-2)17-8-6-5-7-9-17/h5-12,20H,13H2,1-4H3. The zero-order valence-corrected chi connectivity index (χ0v) is 14.6. The predicted octanol–water partition coefficient (Wildman–Crippen LogP) is 3.35. The zero-order valence-electron chi connectivity index (χ0n) is 14.6. The van der Waals surface area contributed by atoms with Crippen molar-refractivity contribution in [2.45, 2.75) is 13.5 Å². The molecule has 3 rings (SSSR count). The van der Waals surface area contributed by atoms with E-state index in [2.05, 4.69) is 40.3 Å². The Labute approximate surface area is 143 Å². The first-order chi connectivity index (χ1) is 11.6. The SMILES string of the molecule is CNc1c(C)c(-c2ccnc(CN(C)C)c2)nn1-c1ccccc1. The van der Waals surface area contributed by atoms with Gasteiger partial charge in [-0.25, -0.2) is 4.68 Å². The second-order valence-electron chi connectivity index (χ2n) is 6.09. The van der Waals surface area contributed by atoms with E-state index in [0.29, 0.717) is 0 Å². The second kappa shape index (κ2) is 6.84. The van der Waals surface area contributed by atoms with Gasteiger partial charge in [0.1, 0.15) is 5.82 Å². The van der Waals surface area contributed by atoms with Crippen molar-refractivity contribution in [2.24, 2.45) is 0 Å². The number of benzene rings is 1. The third kappa shape index (κ3) is 3.16. The molecule has 1 aromatic carbocycles. The summed E-state index contributed by atoms with van der Waals surface area (Å²) in [6.45, 7) is 2.91. The van der Waals surface area contributed by atoms with Crippen LogP contribution in [0.2, 0.25) is 0 Å². The van der Waals surface area contributed by atoms with Gasteiger partial charge in [-0.3, -0.25) is 4.98 Å². The predicted molar refractivity (Wildman–Crippen MR) is 98.5 cm³/mol. The minimum absolute atomic E-state index is 0.811. The van der Waals surface area contributed by atoms with E-state index in [-0.39, 0.29) is 0 Å². The molecule has 2 heterocycles. The van der Waals surface area contributed by atoms with Crippen LogP contribution in [-0.2, 0) is 6.54 Å². The van der Waals surface area contributed by atoms with E-state index < -0.39 is 0 Å². The molecule has 3 aromatic rings. The Morgan fingerprint density at radius 2 is 1.88 bits per heavy atom. The van der Waals surface area contributed by atoms with Crippen molar-refractivity contribution in [1.82, 2.24) is 19.7 Å². The van der Waals surface area contributed by atoms with Gasteiger partial charge in [-0.15, -0.1) is 0 Å². The van der Waals surface area contributed by atoms with Crippen LogP contribution in [0.4, 0.5) is 5.82 Å². The summed E-state index contributed by atoms with van der Waals surface area (Å²) in [6.07, 6.45) is 1.86. The van der Waals surface area contributed by atoms with Crippen LogP contribution in [0.25, 0.3) is 16.9 Å². The van der Waals surface area contributed by atoms with Gasteiger partial charge in [0, 0.05) is 30.9 Å². The van der Waals surface area contributed by atoms with Gasteiger partial charge in [-0.1, -0.05) is 18.2 Å². The van der Waals surface area contributed by atoms with Crippen LogP contribution >= 0.6 is 0 Å².